The maximum atomic E-state index is 13.4. The van der Waals surface area contributed by atoms with Crippen LogP contribution in [0.3, 0.4) is 0 Å². The third-order valence-electron chi connectivity index (χ3n) is 3.46. The second-order valence-electron chi connectivity index (χ2n) is 5.13. The third-order valence-corrected chi connectivity index (χ3v) is 4.67. The predicted molar refractivity (Wildman–Crippen MR) is 86.4 cm³/mol. The maximum Gasteiger partial charge on any atom is 0.123 e. The van der Waals surface area contributed by atoms with Gasteiger partial charge in [0.05, 0.1) is 0 Å². The molecule has 0 bridgehead atoms. The van der Waals surface area contributed by atoms with Crippen molar-refractivity contribution >= 4 is 11.3 Å². The maximum absolute atomic E-state index is 13.4. The van der Waals surface area contributed by atoms with E-state index in [0.29, 0.717) is 13.0 Å². The number of benzene rings is 1. The Hall–Kier alpha value is -1.39. The molecule has 1 heterocycles. The van der Waals surface area contributed by atoms with E-state index in [1.807, 2.05) is 6.92 Å². The Morgan fingerprint density at radius 3 is 2.62 bits per heavy atom. The molecule has 2 aromatic rings. The Morgan fingerprint density at radius 1 is 1.19 bits per heavy atom. The van der Waals surface area contributed by atoms with Crippen LogP contribution in [0.15, 0.2) is 30.3 Å². The van der Waals surface area contributed by atoms with Crippen molar-refractivity contribution in [1.82, 2.24) is 0 Å². The number of hydrogen-bond donors (Lipinski definition) is 1. The van der Waals surface area contributed by atoms with Gasteiger partial charge in [-0.2, -0.15) is 0 Å². The number of thiophene rings is 1. The van der Waals surface area contributed by atoms with E-state index < -0.39 is 0 Å². The molecule has 4 heteroatoms. The summed E-state index contributed by atoms with van der Waals surface area (Å²) in [5.41, 5.74) is 6.82. The van der Waals surface area contributed by atoms with E-state index in [4.69, 9.17) is 10.5 Å². The van der Waals surface area contributed by atoms with Gasteiger partial charge in [-0.15, -0.1) is 11.3 Å². The van der Waals surface area contributed by atoms with Crippen LogP contribution in [0.25, 0.3) is 0 Å². The first-order valence-corrected chi connectivity index (χ1v) is 8.18. The molecule has 0 saturated heterocycles. The van der Waals surface area contributed by atoms with Gasteiger partial charge in [-0.1, -0.05) is 13.8 Å². The van der Waals surface area contributed by atoms with Gasteiger partial charge in [-0.3, -0.25) is 0 Å². The number of nitrogens with two attached hydrogens (primary N) is 1. The van der Waals surface area contributed by atoms with Crippen LogP contribution in [0.4, 0.5) is 4.39 Å². The summed E-state index contributed by atoms with van der Waals surface area (Å²) in [7, 11) is 0. The van der Waals surface area contributed by atoms with Gasteiger partial charge < -0.3 is 10.5 Å². The molecule has 1 atom stereocenters. The highest BCUT2D eigenvalue weighted by Gasteiger charge is 2.10. The van der Waals surface area contributed by atoms with Gasteiger partial charge in [0.15, 0.2) is 0 Å². The summed E-state index contributed by atoms with van der Waals surface area (Å²) in [6.45, 7) is 4.69. The first-order valence-electron chi connectivity index (χ1n) is 7.36. The summed E-state index contributed by atoms with van der Waals surface area (Å²) < 4.78 is 19.3. The topological polar surface area (TPSA) is 35.2 Å². The highest BCUT2D eigenvalue weighted by molar-refractivity contribution is 7.11. The summed E-state index contributed by atoms with van der Waals surface area (Å²) in [5, 5.41) is 0. The normalized spacial score (nSPS) is 12.4. The van der Waals surface area contributed by atoms with Crippen molar-refractivity contribution in [2.45, 2.75) is 45.8 Å². The molecule has 0 fully saturated rings. The average molecular weight is 307 g/mol. The minimum absolute atomic E-state index is 0.0302. The second kappa shape index (κ2) is 7.57. The van der Waals surface area contributed by atoms with Gasteiger partial charge in [0.25, 0.3) is 0 Å². The standard InChI is InChI=1S/C17H22FNOS/c1-3-14(19)10-12-9-13(18)5-8-17(12)20-11-16-7-6-15(4-2)21-16/h5-9,14H,3-4,10-11,19H2,1-2H3. The van der Waals surface area contributed by atoms with Crippen LogP contribution in [0.1, 0.15) is 35.6 Å². The smallest absolute Gasteiger partial charge is 0.123 e. The molecule has 0 saturated carbocycles. The molecule has 0 spiro atoms. The van der Waals surface area contributed by atoms with Gasteiger partial charge in [0, 0.05) is 15.8 Å². The minimum atomic E-state index is -0.245. The van der Waals surface area contributed by atoms with Crippen LogP contribution < -0.4 is 10.5 Å². The summed E-state index contributed by atoms with van der Waals surface area (Å²) in [5.74, 6) is 0.483. The highest BCUT2D eigenvalue weighted by Crippen LogP contribution is 2.24. The Kier molecular flexibility index (Phi) is 5.76. The first-order chi connectivity index (χ1) is 10.1. The van der Waals surface area contributed by atoms with Gasteiger partial charge in [-0.05, 0) is 55.2 Å². The van der Waals surface area contributed by atoms with Crippen molar-refractivity contribution in [3.05, 3.63) is 51.5 Å². The van der Waals surface area contributed by atoms with E-state index in [9.17, 15) is 4.39 Å². The van der Waals surface area contributed by atoms with Gasteiger partial charge in [-0.25, -0.2) is 4.39 Å². The van der Waals surface area contributed by atoms with Crippen molar-refractivity contribution in [3.63, 3.8) is 0 Å². The molecule has 1 aromatic carbocycles. The molecule has 2 rings (SSSR count). The first kappa shape index (κ1) is 16.0. The molecule has 0 amide bonds. The molecule has 114 valence electrons. The summed E-state index contributed by atoms with van der Waals surface area (Å²) in [6.07, 6.45) is 2.53. The van der Waals surface area contributed by atoms with Gasteiger partial charge in [0.2, 0.25) is 0 Å². The molecule has 0 aliphatic rings. The van der Waals surface area contributed by atoms with Crippen molar-refractivity contribution in [2.24, 2.45) is 5.73 Å². The fourth-order valence-electron chi connectivity index (χ4n) is 2.11. The second-order valence-corrected chi connectivity index (χ2v) is 6.39. The fourth-order valence-corrected chi connectivity index (χ4v) is 2.99. The number of halogens is 1. The molecular formula is C17H22FNOS. The van der Waals surface area contributed by atoms with E-state index in [1.165, 1.54) is 21.9 Å². The van der Waals surface area contributed by atoms with E-state index >= 15 is 0 Å². The fraction of sp³-hybridized carbons (Fsp3) is 0.412. The molecule has 1 aromatic heterocycles. The van der Waals surface area contributed by atoms with Gasteiger partial charge >= 0.3 is 0 Å². The lowest BCUT2D eigenvalue weighted by Gasteiger charge is -2.14. The largest absolute Gasteiger partial charge is 0.488 e. The molecule has 2 nitrogen and oxygen atoms in total. The highest BCUT2D eigenvalue weighted by atomic mass is 32.1. The van der Waals surface area contributed by atoms with Crippen molar-refractivity contribution in [3.8, 4) is 5.75 Å². The van der Waals surface area contributed by atoms with E-state index in [0.717, 1.165) is 24.2 Å². The molecule has 0 radical (unpaired) electrons. The summed E-state index contributed by atoms with van der Waals surface area (Å²) >= 11 is 1.76. The van der Waals surface area contributed by atoms with Crippen LogP contribution in [0.5, 0.6) is 5.75 Å². The molecular weight excluding hydrogens is 285 g/mol. The average Bonchev–Trinajstić information content (AvgIpc) is 2.94. The van der Waals surface area contributed by atoms with Crippen LogP contribution in [-0.2, 0) is 19.4 Å². The zero-order valence-electron chi connectivity index (χ0n) is 12.6. The molecule has 21 heavy (non-hydrogen) atoms. The summed E-state index contributed by atoms with van der Waals surface area (Å²) in [6, 6.07) is 8.90. The molecule has 0 aliphatic carbocycles. The zero-order valence-corrected chi connectivity index (χ0v) is 13.4. The number of ether oxygens (including phenoxy) is 1. The predicted octanol–water partition coefficient (Wildman–Crippen LogP) is 4.31. The Labute approximate surface area is 129 Å². The van der Waals surface area contributed by atoms with E-state index in [-0.39, 0.29) is 11.9 Å². The van der Waals surface area contributed by atoms with Crippen LogP contribution >= 0.6 is 11.3 Å². The van der Waals surface area contributed by atoms with Crippen LogP contribution in [0.2, 0.25) is 0 Å². The van der Waals surface area contributed by atoms with Crippen LogP contribution in [-0.4, -0.2) is 6.04 Å². The molecule has 1 unspecified atom stereocenters. The minimum Gasteiger partial charge on any atom is -0.488 e. The summed E-state index contributed by atoms with van der Waals surface area (Å²) in [4.78, 5) is 2.53. The van der Waals surface area contributed by atoms with Gasteiger partial charge in [0.1, 0.15) is 18.2 Å². The van der Waals surface area contributed by atoms with Crippen LogP contribution in [0, 0.1) is 5.82 Å². The van der Waals surface area contributed by atoms with E-state index in [1.54, 1.807) is 17.4 Å². The zero-order chi connectivity index (χ0) is 15.2. The molecule has 0 aliphatic heterocycles. The number of rotatable bonds is 7. The van der Waals surface area contributed by atoms with E-state index in [2.05, 4.69) is 19.1 Å². The Morgan fingerprint density at radius 2 is 1.95 bits per heavy atom. The van der Waals surface area contributed by atoms with Crippen molar-refractivity contribution in [1.29, 1.82) is 0 Å². The Balaban J connectivity index is 2.07. The lowest BCUT2D eigenvalue weighted by Crippen LogP contribution is -2.21. The number of hydrogen-bond acceptors (Lipinski definition) is 3. The lowest BCUT2D eigenvalue weighted by molar-refractivity contribution is 0.305. The van der Waals surface area contributed by atoms with Crippen molar-refractivity contribution < 1.29 is 9.13 Å². The number of aryl methyl sites for hydroxylation is 1. The third kappa shape index (κ3) is 4.55. The molecule has 2 N–H and O–H groups in total. The van der Waals surface area contributed by atoms with Crippen molar-refractivity contribution in [2.75, 3.05) is 0 Å². The Bertz CT molecular complexity index is 582. The monoisotopic (exact) mass is 307 g/mol. The lowest BCUT2D eigenvalue weighted by atomic mass is 10.0. The SMILES string of the molecule is CCc1ccc(COc2ccc(F)cc2CC(N)CC)s1. The quantitative estimate of drug-likeness (QED) is 0.827.